The highest BCUT2D eigenvalue weighted by Gasteiger charge is 2.34. The minimum atomic E-state index is 0.306. The van der Waals surface area contributed by atoms with Gasteiger partial charge < -0.3 is 15.1 Å². The number of hydrogen-bond acceptors (Lipinski definition) is 6. The van der Waals surface area contributed by atoms with Crippen LogP contribution in [-0.4, -0.2) is 76.9 Å². The Morgan fingerprint density at radius 3 is 2.66 bits per heavy atom. The number of carbonyl (C=O) groups is 1. The predicted molar refractivity (Wildman–Crippen MR) is 129 cm³/mol. The lowest BCUT2D eigenvalue weighted by Crippen LogP contribution is -2.48. The van der Waals surface area contributed by atoms with Crippen molar-refractivity contribution in [2.75, 3.05) is 51.6 Å². The van der Waals surface area contributed by atoms with Crippen molar-refractivity contribution in [3.8, 4) is 0 Å². The van der Waals surface area contributed by atoms with Crippen molar-refractivity contribution in [1.29, 1.82) is 0 Å². The van der Waals surface area contributed by atoms with Gasteiger partial charge in [-0.15, -0.1) is 0 Å². The molecule has 7 heteroatoms. The number of fused-ring (bicyclic) bond motifs is 1. The maximum atomic E-state index is 12.3. The van der Waals surface area contributed by atoms with E-state index < -0.39 is 0 Å². The Hall–Kier alpha value is -2.67. The molecule has 2 heterocycles. The third-order valence-corrected chi connectivity index (χ3v) is 6.61. The van der Waals surface area contributed by atoms with Crippen LogP contribution in [0.25, 0.3) is 10.9 Å². The zero-order valence-electron chi connectivity index (χ0n) is 19.7. The number of rotatable bonds is 9. The zero-order chi connectivity index (χ0) is 22.5. The number of nitrogens with one attached hydrogen (secondary N) is 1. The van der Waals surface area contributed by atoms with Crippen LogP contribution in [0.5, 0.6) is 0 Å². The van der Waals surface area contributed by atoms with Crippen LogP contribution in [0.2, 0.25) is 0 Å². The number of benzene rings is 1. The van der Waals surface area contributed by atoms with Gasteiger partial charge in [0.15, 0.2) is 0 Å². The smallest absolute Gasteiger partial charge is 0.225 e. The van der Waals surface area contributed by atoms with Gasteiger partial charge in [-0.25, -0.2) is 9.97 Å². The third-order valence-electron chi connectivity index (χ3n) is 6.61. The fraction of sp³-hybridized carbons (Fsp3) is 0.560. The van der Waals surface area contributed by atoms with E-state index in [1.165, 1.54) is 5.70 Å². The second-order valence-electron chi connectivity index (χ2n) is 9.01. The lowest BCUT2D eigenvalue weighted by molar-refractivity contribution is -0.134. The maximum Gasteiger partial charge on any atom is 0.225 e. The van der Waals surface area contributed by atoms with Gasteiger partial charge in [0.25, 0.3) is 0 Å². The molecule has 0 spiro atoms. The quantitative estimate of drug-likeness (QED) is 0.608. The SMILES string of the molecule is C/C=C(\C)N(C)CCCNc1nc(CN2CCN(C(=O)C3CC3)CC2)nc2ccccc12. The lowest BCUT2D eigenvalue weighted by Gasteiger charge is -2.34. The maximum absolute atomic E-state index is 12.3. The third kappa shape index (κ3) is 5.57. The van der Waals surface area contributed by atoms with E-state index in [2.05, 4.69) is 54.2 Å². The summed E-state index contributed by atoms with van der Waals surface area (Å²) in [6.07, 6.45) is 5.32. The highest BCUT2D eigenvalue weighted by molar-refractivity contribution is 5.89. The van der Waals surface area contributed by atoms with Crippen molar-refractivity contribution in [3.05, 3.63) is 41.9 Å². The van der Waals surface area contributed by atoms with Crippen molar-refractivity contribution in [2.24, 2.45) is 5.92 Å². The van der Waals surface area contributed by atoms with E-state index in [0.717, 1.165) is 81.1 Å². The van der Waals surface area contributed by atoms with E-state index >= 15 is 0 Å². The number of aromatic nitrogens is 2. The molecule has 1 aromatic heterocycles. The van der Waals surface area contributed by atoms with Crippen molar-refractivity contribution in [2.45, 2.75) is 39.7 Å². The first kappa shape index (κ1) is 22.5. The Labute approximate surface area is 191 Å². The standard InChI is InChI=1S/C25H36N6O/c1-4-19(2)29(3)13-7-12-26-24-21-8-5-6-9-22(21)27-23(28-24)18-30-14-16-31(17-15-30)25(32)20-10-11-20/h4-6,8-9,20H,7,10-18H2,1-3H3,(H,26,27,28)/b19-4+. The number of para-hydroxylation sites is 1. The molecule has 4 rings (SSSR count). The highest BCUT2D eigenvalue weighted by atomic mass is 16.2. The number of anilines is 1. The van der Waals surface area contributed by atoms with E-state index in [0.29, 0.717) is 18.4 Å². The molecule has 1 amide bonds. The van der Waals surface area contributed by atoms with Crippen LogP contribution in [0.1, 0.15) is 38.9 Å². The van der Waals surface area contributed by atoms with E-state index in [4.69, 9.17) is 9.97 Å². The van der Waals surface area contributed by atoms with Crippen molar-refractivity contribution < 1.29 is 4.79 Å². The lowest BCUT2D eigenvalue weighted by atomic mass is 10.2. The Balaban J connectivity index is 1.36. The average Bonchev–Trinajstić information content (AvgIpc) is 3.66. The van der Waals surface area contributed by atoms with Gasteiger partial charge in [-0.05, 0) is 45.2 Å². The van der Waals surface area contributed by atoms with Crippen LogP contribution in [-0.2, 0) is 11.3 Å². The summed E-state index contributed by atoms with van der Waals surface area (Å²) in [6.45, 7) is 10.2. The van der Waals surface area contributed by atoms with Crippen molar-refractivity contribution in [3.63, 3.8) is 0 Å². The molecule has 1 aliphatic heterocycles. The summed E-state index contributed by atoms with van der Waals surface area (Å²) in [5.41, 5.74) is 2.27. The average molecular weight is 437 g/mol. The molecule has 1 aliphatic carbocycles. The molecule has 0 radical (unpaired) electrons. The van der Waals surface area contributed by atoms with Gasteiger partial charge in [-0.3, -0.25) is 9.69 Å². The molecule has 32 heavy (non-hydrogen) atoms. The summed E-state index contributed by atoms with van der Waals surface area (Å²) in [5, 5.41) is 4.61. The molecule has 0 unspecified atom stereocenters. The van der Waals surface area contributed by atoms with Crippen LogP contribution in [0, 0.1) is 5.92 Å². The Morgan fingerprint density at radius 1 is 1.19 bits per heavy atom. The van der Waals surface area contributed by atoms with E-state index in [9.17, 15) is 4.79 Å². The molecule has 1 saturated heterocycles. The first-order chi connectivity index (χ1) is 15.5. The second-order valence-corrected chi connectivity index (χ2v) is 9.01. The minimum absolute atomic E-state index is 0.306. The fourth-order valence-corrected chi connectivity index (χ4v) is 4.16. The molecule has 7 nitrogen and oxygen atoms in total. The molecule has 1 aromatic carbocycles. The van der Waals surface area contributed by atoms with Crippen molar-refractivity contribution in [1.82, 2.24) is 24.7 Å². The van der Waals surface area contributed by atoms with Crippen LogP contribution in [0.3, 0.4) is 0 Å². The molecular formula is C25H36N6O. The molecule has 0 bridgehead atoms. The molecule has 2 aromatic rings. The number of nitrogens with zero attached hydrogens (tertiary/aromatic N) is 5. The van der Waals surface area contributed by atoms with Gasteiger partial charge >= 0.3 is 0 Å². The first-order valence-electron chi connectivity index (χ1n) is 11.9. The molecule has 1 N–H and O–H groups in total. The second kappa shape index (κ2) is 10.3. The fourth-order valence-electron chi connectivity index (χ4n) is 4.16. The van der Waals surface area contributed by atoms with Gasteiger partial charge in [0, 0.05) is 63.3 Å². The van der Waals surface area contributed by atoms with Gasteiger partial charge in [0.1, 0.15) is 11.6 Å². The first-order valence-corrected chi connectivity index (χ1v) is 11.9. The number of piperazine rings is 1. The van der Waals surface area contributed by atoms with Crippen LogP contribution < -0.4 is 5.32 Å². The van der Waals surface area contributed by atoms with E-state index in [1.54, 1.807) is 0 Å². The predicted octanol–water partition coefficient (Wildman–Crippen LogP) is 3.34. The Bertz CT molecular complexity index is 962. The largest absolute Gasteiger partial charge is 0.378 e. The van der Waals surface area contributed by atoms with Crippen LogP contribution in [0.15, 0.2) is 36.0 Å². The molecule has 0 atom stereocenters. The molecular weight excluding hydrogens is 400 g/mol. The normalized spacial score (nSPS) is 17.6. The minimum Gasteiger partial charge on any atom is -0.378 e. The van der Waals surface area contributed by atoms with Gasteiger partial charge in [0.2, 0.25) is 5.91 Å². The van der Waals surface area contributed by atoms with E-state index in [1.807, 2.05) is 17.0 Å². The van der Waals surface area contributed by atoms with Crippen LogP contribution in [0.4, 0.5) is 5.82 Å². The molecule has 2 aliphatic rings. The Morgan fingerprint density at radius 2 is 1.94 bits per heavy atom. The summed E-state index contributed by atoms with van der Waals surface area (Å²) >= 11 is 0. The van der Waals surface area contributed by atoms with Crippen LogP contribution >= 0.6 is 0 Å². The monoisotopic (exact) mass is 436 g/mol. The summed E-state index contributed by atoms with van der Waals surface area (Å²) in [4.78, 5) is 28.7. The zero-order valence-corrected chi connectivity index (χ0v) is 19.7. The van der Waals surface area contributed by atoms with Gasteiger partial charge in [-0.1, -0.05) is 18.2 Å². The van der Waals surface area contributed by atoms with Gasteiger partial charge in [-0.2, -0.15) is 0 Å². The highest BCUT2D eigenvalue weighted by Crippen LogP contribution is 2.31. The molecule has 172 valence electrons. The topological polar surface area (TPSA) is 64.6 Å². The number of allylic oxidation sites excluding steroid dienone is 2. The number of amides is 1. The van der Waals surface area contributed by atoms with E-state index in [-0.39, 0.29) is 0 Å². The number of carbonyl (C=O) groups excluding carboxylic acids is 1. The number of hydrogen-bond donors (Lipinski definition) is 1. The van der Waals surface area contributed by atoms with Gasteiger partial charge in [0.05, 0.1) is 12.1 Å². The molecule has 2 fully saturated rings. The molecule has 1 saturated carbocycles. The summed E-state index contributed by atoms with van der Waals surface area (Å²) in [6, 6.07) is 8.21. The summed E-state index contributed by atoms with van der Waals surface area (Å²) in [7, 11) is 2.13. The summed E-state index contributed by atoms with van der Waals surface area (Å²) in [5.74, 6) is 2.42. The Kier molecular flexibility index (Phi) is 7.25. The summed E-state index contributed by atoms with van der Waals surface area (Å²) < 4.78 is 0. The van der Waals surface area contributed by atoms with Crippen molar-refractivity contribution >= 4 is 22.6 Å².